The molecule has 3 rings (SSSR count). The second kappa shape index (κ2) is 8.52. The number of benzene rings is 2. The lowest BCUT2D eigenvalue weighted by atomic mass is 9.86. The highest BCUT2D eigenvalue weighted by Crippen LogP contribution is 2.36. The second-order valence-electron chi connectivity index (χ2n) is 6.66. The number of carbonyl (C=O) groups excluding carboxylic acids is 1. The minimum atomic E-state index is -3.03. The summed E-state index contributed by atoms with van der Waals surface area (Å²) in [6.07, 6.45) is -0.0235. The third-order valence-corrected chi connectivity index (χ3v) is 4.85. The van der Waals surface area contributed by atoms with E-state index in [1.54, 1.807) is 19.2 Å². The molecule has 1 unspecified atom stereocenters. The van der Waals surface area contributed by atoms with Crippen molar-refractivity contribution >= 4 is 17.0 Å². The van der Waals surface area contributed by atoms with Gasteiger partial charge in [0, 0.05) is 13.0 Å². The van der Waals surface area contributed by atoms with E-state index in [9.17, 15) is 18.7 Å². The minimum absolute atomic E-state index is 0.0235. The largest absolute Gasteiger partial charge is 0.469 e. The molecule has 0 saturated carbocycles. The van der Waals surface area contributed by atoms with Crippen molar-refractivity contribution in [1.82, 2.24) is 15.0 Å². The zero-order valence-corrected chi connectivity index (χ0v) is 16.2. The van der Waals surface area contributed by atoms with Gasteiger partial charge in [0.2, 0.25) is 0 Å². The molecular formula is C20H21F2N3O4. The molecule has 1 aromatic heterocycles. The zero-order valence-electron chi connectivity index (χ0n) is 16.2. The van der Waals surface area contributed by atoms with Crippen molar-refractivity contribution in [2.24, 2.45) is 7.05 Å². The Labute approximate surface area is 165 Å². The van der Waals surface area contributed by atoms with Gasteiger partial charge in [0.15, 0.2) is 5.75 Å². The third-order valence-electron chi connectivity index (χ3n) is 4.85. The lowest BCUT2D eigenvalue weighted by Gasteiger charge is -2.20. The Balaban J connectivity index is 2.17. The molecule has 0 bridgehead atoms. The number of aliphatic hydroxyl groups is 1. The van der Waals surface area contributed by atoms with E-state index in [2.05, 4.69) is 10.3 Å². The first-order valence-corrected chi connectivity index (χ1v) is 8.89. The Morgan fingerprint density at radius 2 is 2.00 bits per heavy atom. The van der Waals surface area contributed by atoms with Crippen molar-refractivity contribution in [3.8, 4) is 5.75 Å². The van der Waals surface area contributed by atoms with Crippen LogP contribution in [0.25, 0.3) is 11.0 Å². The summed E-state index contributed by atoms with van der Waals surface area (Å²) in [6, 6.07) is 8.60. The van der Waals surface area contributed by atoms with Crippen LogP contribution in [0, 0.1) is 6.92 Å². The van der Waals surface area contributed by atoms with E-state index in [-0.39, 0.29) is 18.8 Å². The van der Waals surface area contributed by atoms with Crippen LogP contribution in [0.3, 0.4) is 0 Å². The fourth-order valence-electron chi connectivity index (χ4n) is 3.32. The van der Waals surface area contributed by atoms with Gasteiger partial charge in [-0.3, -0.25) is 4.79 Å². The van der Waals surface area contributed by atoms with E-state index in [0.29, 0.717) is 22.2 Å². The summed E-state index contributed by atoms with van der Waals surface area (Å²) in [6.45, 7) is -1.32. The first kappa shape index (κ1) is 20.7. The number of nitrogens with zero attached hydrogens (tertiary/aromatic N) is 3. The molecular weight excluding hydrogens is 384 g/mol. The fraction of sp³-hybridized carbons (Fsp3) is 0.350. The summed E-state index contributed by atoms with van der Waals surface area (Å²) in [5.41, 5.74) is 3.58. The zero-order chi connectivity index (χ0) is 21.1. The van der Waals surface area contributed by atoms with Gasteiger partial charge in [0.25, 0.3) is 0 Å². The molecule has 0 aliphatic rings. The van der Waals surface area contributed by atoms with E-state index < -0.39 is 18.5 Å². The highest BCUT2D eigenvalue weighted by atomic mass is 19.3. The molecule has 0 radical (unpaired) electrons. The highest BCUT2D eigenvalue weighted by Gasteiger charge is 2.23. The molecule has 0 aliphatic carbocycles. The molecule has 154 valence electrons. The van der Waals surface area contributed by atoms with Crippen LogP contribution >= 0.6 is 0 Å². The van der Waals surface area contributed by atoms with E-state index in [4.69, 9.17) is 9.47 Å². The number of alkyl halides is 2. The number of aryl methyl sites for hydroxylation is 2. The fourth-order valence-corrected chi connectivity index (χ4v) is 3.32. The number of halogens is 2. The molecule has 1 N–H and O–H groups in total. The minimum Gasteiger partial charge on any atom is -0.469 e. The van der Waals surface area contributed by atoms with E-state index in [0.717, 1.165) is 11.1 Å². The quantitative estimate of drug-likeness (QED) is 0.608. The summed E-state index contributed by atoms with van der Waals surface area (Å²) in [4.78, 5) is 12.1. The van der Waals surface area contributed by atoms with Gasteiger partial charge in [-0.15, -0.1) is 5.10 Å². The predicted octanol–water partition coefficient (Wildman–Crippen LogP) is 3.07. The SMILES string of the molecule is COC(=O)CC(c1ccc(C)c(CO)c1)c1cc(OC(F)F)c2c(c1)nnn2C. The molecule has 0 spiro atoms. The average molecular weight is 405 g/mol. The number of aliphatic hydroxyl groups excluding tert-OH is 1. The molecule has 1 heterocycles. The third kappa shape index (κ3) is 4.34. The molecule has 1 atom stereocenters. The van der Waals surface area contributed by atoms with Crippen LogP contribution in [0.4, 0.5) is 8.78 Å². The number of rotatable bonds is 7. The van der Waals surface area contributed by atoms with E-state index >= 15 is 0 Å². The molecule has 0 aliphatic heterocycles. The number of ether oxygens (including phenoxy) is 2. The van der Waals surface area contributed by atoms with Crippen molar-refractivity contribution in [3.63, 3.8) is 0 Å². The summed E-state index contributed by atoms with van der Waals surface area (Å²) < 4.78 is 36.8. The number of methoxy groups -OCH3 is 1. The van der Waals surface area contributed by atoms with Crippen LogP contribution in [0.5, 0.6) is 5.75 Å². The summed E-state index contributed by atoms with van der Waals surface area (Å²) in [5.74, 6) is -1.05. The van der Waals surface area contributed by atoms with Crippen molar-refractivity contribution in [2.75, 3.05) is 7.11 Å². The number of hydrogen-bond acceptors (Lipinski definition) is 6. The van der Waals surface area contributed by atoms with Crippen LogP contribution in [0.1, 0.15) is 34.6 Å². The normalized spacial score (nSPS) is 12.4. The van der Waals surface area contributed by atoms with E-state index in [1.165, 1.54) is 17.9 Å². The molecule has 0 fully saturated rings. The van der Waals surface area contributed by atoms with Gasteiger partial charge < -0.3 is 14.6 Å². The number of hydrogen-bond donors (Lipinski definition) is 1. The van der Waals surface area contributed by atoms with Crippen molar-refractivity contribution < 1.29 is 28.2 Å². The van der Waals surface area contributed by atoms with Gasteiger partial charge in [-0.25, -0.2) is 4.68 Å². The first-order valence-electron chi connectivity index (χ1n) is 8.89. The first-order chi connectivity index (χ1) is 13.8. The molecule has 3 aromatic rings. The van der Waals surface area contributed by atoms with Gasteiger partial charge in [-0.1, -0.05) is 23.4 Å². The molecule has 9 heteroatoms. The summed E-state index contributed by atoms with van der Waals surface area (Å²) in [7, 11) is 2.86. The van der Waals surface area contributed by atoms with Crippen LogP contribution in [-0.2, 0) is 23.2 Å². The number of esters is 1. The highest BCUT2D eigenvalue weighted by molar-refractivity contribution is 5.83. The Morgan fingerprint density at radius 1 is 1.24 bits per heavy atom. The van der Waals surface area contributed by atoms with Crippen molar-refractivity contribution in [1.29, 1.82) is 0 Å². The summed E-state index contributed by atoms with van der Waals surface area (Å²) in [5, 5.41) is 17.5. The van der Waals surface area contributed by atoms with E-state index in [1.807, 2.05) is 19.1 Å². The second-order valence-corrected chi connectivity index (χ2v) is 6.66. The topological polar surface area (TPSA) is 86.5 Å². The van der Waals surface area contributed by atoms with Gasteiger partial charge >= 0.3 is 12.6 Å². The Morgan fingerprint density at radius 3 is 2.66 bits per heavy atom. The maximum atomic E-state index is 13.0. The van der Waals surface area contributed by atoms with Gasteiger partial charge in [0.1, 0.15) is 11.0 Å². The monoisotopic (exact) mass is 405 g/mol. The lowest BCUT2D eigenvalue weighted by molar-refractivity contribution is -0.140. The van der Waals surface area contributed by atoms with Gasteiger partial charge in [-0.05, 0) is 41.3 Å². The van der Waals surface area contributed by atoms with Crippen molar-refractivity contribution in [3.05, 3.63) is 52.6 Å². The van der Waals surface area contributed by atoms with Crippen molar-refractivity contribution in [2.45, 2.75) is 32.5 Å². The number of fused-ring (bicyclic) bond motifs is 1. The van der Waals surface area contributed by atoms with Crippen LogP contribution in [0.15, 0.2) is 30.3 Å². The van der Waals surface area contributed by atoms with Gasteiger partial charge in [-0.2, -0.15) is 8.78 Å². The Hall–Kier alpha value is -3.07. The lowest BCUT2D eigenvalue weighted by Crippen LogP contribution is -2.12. The number of carbonyl (C=O) groups is 1. The molecule has 29 heavy (non-hydrogen) atoms. The van der Waals surface area contributed by atoms with Crippen LogP contribution in [-0.4, -0.2) is 39.8 Å². The smallest absolute Gasteiger partial charge is 0.387 e. The molecule has 7 nitrogen and oxygen atoms in total. The summed E-state index contributed by atoms with van der Waals surface area (Å²) >= 11 is 0. The van der Waals surface area contributed by atoms with Crippen LogP contribution in [0.2, 0.25) is 0 Å². The Bertz CT molecular complexity index is 1040. The molecule has 0 saturated heterocycles. The molecule has 2 aromatic carbocycles. The maximum absolute atomic E-state index is 13.0. The molecule has 0 amide bonds. The maximum Gasteiger partial charge on any atom is 0.387 e. The Kier molecular flexibility index (Phi) is 6.07. The standard InChI is InChI=1S/C20H21F2N3O4/c1-11-4-5-12(6-14(11)10-26)15(9-18(27)28-3)13-7-16-19(25(2)24-23-16)17(8-13)29-20(21)22/h4-8,15,20,26H,9-10H2,1-3H3. The predicted molar refractivity (Wildman–Crippen MR) is 101 cm³/mol. The number of aromatic nitrogens is 3. The van der Waals surface area contributed by atoms with Gasteiger partial charge in [0.05, 0.1) is 20.1 Å². The van der Waals surface area contributed by atoms with Crippen LogP contribution < -0.4 is 4.74 Å². The average Bonchev–Trinajstić information content (AvgIpc) is 3.07.